The average molecular weight is 512 g/mol. The predicted molar refractivity (Wildman–Crippen MR) is 148 cm³/mol. The average Bonchev–Trinajstić information content (AvgIpc) is 3.50. The predicted octanol–water partition coefficient (Wildman–Crippen LogP) is 6.37. The molecule has 196 valence electrons. The van der Waals surface area contributed by atoms with Crippen LogP contribution in [0.3, 0.4) is 0 Å². The number of aliphatic carboxylic acids is 1. The second-order valence-electron chi connectivity index (χ2n) is 9.25. The van der Waals surface area contributed by atoms with Gasteiger partial charge in [-0.2, -0.15) is 5.21 Å². The maximum atomic E-state index is 13.6. The minimum Gasteiger partial charge on any atom is -0.479 e. The number of anilines is 1. The highest BCUT2D eigenvalue weighted by Gasteiger charge is 2.45. The number of aromatic amines is 1. The molecule has 4 rings (SSSR count). The highest BCUT2D eigenvalue weighted by molar-refractivity contribution is 6.04. The Bertz CT molecular complexity index is 1380. The smallest absolute Gasteiger partial charge is 0.329 e. The molecule has 0 aliphatic carbocycles. The van der Waals surface area contributed by atoms with E-state index in [1.807, 2.05) is 93.6 Å². The maximum absolute atomic E-state index is 13.6. The van der Waals surface area contributed by atoms with E-state index in [1.54, 1.807) is 4.90 Å². The van der Waals surface area contributed by atoms with E-state index >= 15 is 0 Å². The van der Waals surface area contributed by atoms with E-state index < -0.39 is 11.5 Å². The van der Waals surface area contributed by atoms with Crippen molar-refractivity contribution in [3.63, 3.8) is 0 Å². The van der Waals surface area contributed by atoms with Crippen molar-refractivity contribution in [1.29, 1.82) is 0 Å². The molecule has 0 unspecified atom stereocenters. The van der Waals surface area contributed by atoms with Crippen LogP contribution in [0.25, 0.3) is 33.6 Å². The number of unbranched alkanes of at least 4 members (excludes halogenated alkanes) is 1. The van der Waals surface area contributed by atoms with Gasteiger partial charge in [-0.1, -0.05) is 93.9 Å². The normalized spacial score (nSPS) is 11.3. The van der Waals surface area contributed by atoms with Crippen molar-refractivity contribution in [2.45, 2.75) is 58.4 Å². The van der Waals surface area contributed by atoms with Gasteiger partial charge in [-0.25, -0.2) is 4.79 Å². The maximum Gasteiger partial charge on any atom is 0.329 e. The Kier molecular flexibility index (Phi) is 8.31. The number of amides is 1. The van der Waals surface area contributed by atoms with Gasteiger partial charge in [0.05, 0.1) is 5.69 Å². The summed E-state index contributed by atoms with van der Waals surface area (Å²) >= 11 is 0. The van der Waals surface area contributed by atoms with Crippen LogP contribution in [0.2, 0.25) is 0 Å². The summed E-state index contributed by atoms with van der Waals surface area (Å²) < 4.78 is 0. The molecule has 8 heteroatoms. The first-order valence-electron chi connectivity index (χ1n) is 13.1. The lowest BCUT2D eigenvalue weighted by atomic mass is 9.87. The van der Waals surface area contributed by atoms with Gasteiger partial charge in [0.25, 0.3) is 0 Å². The van der Waals surface area contributed by atoms with Gasteiger partial charge in [0.2, 0.25) is 11.7 Å². The van der Waals surface area contributed by atoms with Crippen LogP contribution < -0.4 is 4.90 Å². The summed E-state index contributed by atoms with van der Waals surface area (Å²) in [5.41, 5.74) is 3.78. The molecule has 0 saturated heterocycles. The minimum absolute atomic E-state index is 0.170. The summed E-state index contributed by atoms with van der Waals surface area (Å²) in [7, 11) is 0. The third-order valence-electron chi connectivity index (χ3n) is 7.15. The molecule has 1 amide bonds. The summed E-state index contributed by atoms with van der Waals surface area (Å²) in [4.78, 5) is 27.8. The summed E-state index contributed by atoms with van der Waals surface area (Å²) in [5.74, 6) is -0.646. The lowest BCUT2D eigenvalue weighted by molar-refractivity contribution is -0.145. The number of aromatic nitrogens is 4. The van der Waals surface area contributed by atoms with Crippen LogP contribution in [0.15, 0.2) is 72.8 Å². The Morgan fingerprint density at radius 2 is 1.42 bits per heavy atom. The molecule has 0 saturated carbocycles. The lowest BCUT2D eigenvalue weighted by Crippen LogP contribution is -2.57. The molecule has 0 spiro atoms. The number of tetrazole rings is 1. The van der Waals surface area contributed by atoms with Gasteiger partial charge in [-0.15, -0.1) is 10.2 Å². The van der Waals surface area contributed by atoms with Gasteiger partial charge >= 0.3 is 5.97 Å². The molecular weight excluding hydrogens is 478 g/mol. The molecule has 1 aromatic heterocycles. The largest absolute Gasteiger partial charge is 0.479 e. The molecule has 4 aromatic rings. The summed E-state index contributed by atoms with van der Waals surface area (Å²) in [5, 5.41) is 24.8. The summed E-state index contributed by atoms with van der Waals surface area (Å²) in [6.07, 6.45) is 2.46. The topological polar surface area (TPSA) is 112 Å². The molecule has 2 N–H and O–H groups in total. The first-order valence-corrected chi connectivity index (χ1v) is 13.1. The third-order valence-corrected chi connectivity index (χ3v) is 7.15. The number of nitrogens with one attached hydrogen (secondary N) is 1. The van der Waals surface area contributed by atoms with Crippen molar-refractivity contribution in [2.75, 3.05) is 4.90 Å². The van der Waals surface area contributed by atoms with Crippen LogP contribution in [0.5, 0.6) is 0 Å². The summed E-state index contributed by atoms with van der Waals surface area (Å²) in [6, 6.07) is 23.4. The van der Waals surface area contributed by atoms with Crippen molar-refractivity contribution in [3.8, 4) is 33.6 Å². The van der Waals surface area contributed by atoms with Crippen LogP contribution >= 0.6 is 0 Å². The molecular formula is C30H33N5O3. The van der Waals surface area contributed by atoms with Crippen LogP contribution in [0, 0.1) is 0 Å². The second-order valence-corrected chi connectivity index (χ2v) is 9.25. The van der Waals surface area contributed by atoms with E-state index in [2.05, 4.69) is 20.6 Å². The zero-order valence-electron chi connectivity index (χ0n) is 22.0. The van der Waals surface area contributed by atoms with E-state index in [9.17, 15) is 14.7 Å². The Hall–Kier alpha value is -4.33. The van der Waals surface area contributed by atoms with Crippen molar-refractivity contribution in [3.05, 3.63) is 72.8 Å². The van der Waals surface area contributed by atoms with Crippen molar-refractivity contribution in [2.24, 2.45) is 0 Å². The number of benzene rings is 3. The van der Waals surface area contributed by atoms with E-state index in [4.69, 9.17) is 0 Å². The molecule has 0 bridgehead atoms. The standard InChI is InChI=1S/C30H33N5O3/c1-4-7-16-27(36)35(30(5-2,6-3)29(37)38)26-15-11-10-13-24(26)22-19-17-21(18-20-22)23-12-8-9-14-25(23)28-31-33-34-32-28/h8-15,17-20H,4-7,16H2,1-3H3,(H,37,38)(H,31,32,33,34). The fourth-order valence-electron chi connectivity index (χ4n) is 4.96. The SMILES string of the molecule is CCCCC(=O)N(c1ccccc1-c1ccc(-c2ccccc2-c2nn[nH]n2)cc1)C(CC)(CC)C(=O)O. The molecule has 0 aliphatic rings. The van der Waals surface area contributed by atoms with Crippen molar-refractivity contribution in [1.82, 2.24) is 20.6 Å². The summed E-state index contributed by atoms with van der Waals surface area (Å²) in [6.45, 7) is 5.68. The van der Waals surface area contributed by atoms with Gasteiger partial charge in [0, 0.05) is 17.5 Å². The number of carboxylic acids is 1. The number of hydrogen-bond donors (Lipinski definition) is 2. The number of carbonyl (C=O) groups excluding carboxylic acids is 1. The molecule has 0 radical (unpaired) electrons. The quantitative estimate of drug-likeness (QED) is 0.242. The van der Waals surface area contributed by atoms with Crippen LogP contribution in [0.4, 0.5) is 5.69 Å². The first kappa shape index (κ1) is 26.7. The van der Waals surface area contributed by atoms with Gasteiger partial charge in [0.1, 0.15) is 5.54 Å². The van der Waals surface area contributed by atoms with Gasteiger partial charge < -0.3 is 5.11 Å². The van der Waals surface area contributed by atoms with E-state index in [1.165, 1.54) is 0 Å². The molecule has 1 heterocycles. The number of carbonyl (C=O) groups is 2. The highest BCUT2D eigenvalue weighted by atomic mass is 16.4. The van der Waals surface area contributed by atoms with E-state index in [0.29, 0.717) is 37.2 Å². The van der Waals surface area contributed by atoms with Gasteiger partial charge in [0.15, 0.2) is 0 Å². The highest BCUT2D eigenvalue weighted by Crippen LogP contribution is 2.39. The Morgan fingerprint density at radius 3 is 1.97 bits per heavy atom. The second kappa shape index (κ2) is 11.8. The molecule has 0 atom stereocenters. The molecule has 0 aliphatic heterocycles. The fraction of sp³-hybridized carbons (Fsp3) is 0.300. The van der Waals surface area contributed by atoms with Crippen LogP contribution in [0.1, 0.15) is 52.9 Å². The van der Waals surface area contributed by atoms with E-state index in [0.717, 1.165) is 34.2 Å². The number of nitrogens with zero attached hydrogens (tertiary/aromatic N) is 4. The van der Waals surface area contributed by atoms with E-state index in [-0.39, 0.29) is 5.91 Å². The fourth-order valence-corrected chi connectivity index (χ4v) is 4.96. The molecule has 38 heavy (non-hydrogen) atoms. The lowest BCUT2D eigenvalue weighted by Gasteiger charge is -2.40. The zero-order chi connectivity index (χ0) is 27.1. The van der Waals surface area contributed by atoms with Gasteiger partial charge in [-0.3, -0.25) is 9.69 Å². The number of hydrogen-bond acceptors (Lipinski definition) is 5. The number of carboxylic acid groups (broad SMARTS) is 1. The Morgan fingerprint density at radius 1 is 0.842 bits per heavy atom. The number of H-pyrrole nitrogens is 1. The molecule has 3 aromatic carbocycles. The van der Waals surface area contributed by atoms with Crippen LogP contribution in [-0.4, -0.2) is 43.1 Å². The number of para-hydroxylation sites is 1. The monoisotopic (exact) mass is 511 g/mol. The Balaban J connectivity index is 1.80. The number of rotatable bonds is 11. The van der Waals surface area contributed by atoms with Crippen LogP contribution in [-0.2, 0) is 9.59 Å². The zero-order valence-corrected chi connectivity index (χ0v) is 22.0. The molecule has 0 fully saturated rings. The minimum atomic E-state index is -1.33. The molecule has 8 nitrogen and oxygen atoms in total. The van der Waals surface area contributed by atoms with Gasteiger partial charge in [-0.05, 0) is 47.2 Å². The van der Waals surface area contributed by atoms with Crippen molar-refractivity contribution < 1.29 is 14.7 Å². The first-order chi connectivity index (χ1) is 18.5. The third kappa shape index (κ3) is 5.07. The Labute approximate surface area is 222 Å². The van der Waals surface area contributed by atoms with Crippen molar-refractivity contribution >= 4 is 17.6 Å².